The maximum absolute atomic E-state index is 12.7. The van der Waals surface area contributed by atoms with E-state index in [0.29, 0.717) is 16.6 Å². The molecule has 0 bridgehead atoms. The number of rotatable bonds is 6. The monoisotopic (exact) mass is 462 g/mol. The summed E-state index contributed by atoms with van der Waals surface area (Å²) in [6.07, 6.45) is 8.23. The Bertz CT molecular complexity index is 962. The number of primary amides is 1. The second-order valence-electron chi connectivity index (χ2n) is 7.96. The van der Waals surface area contributed by atoms with Crippen molar-refractivity contribution in [3.63, 3.8) is 0 Å². The SMILES string of the molecule is CC1=C(S/C(NC(=O)C(=O)Nc2sc3c(c2CN)CCCC3)=C(\C)C(N)=O)CCCC1. The van der Waals surface area contributed by atoms with Gasteiger partial charge in [0.15, 0.2) is 0 Å². The van der Waals surface area contributed by atoms with Crippen LogP contribution >= 0.6 is 23.1 Å². The number of thioether (sulfide) groups is 1. The molecule has 0 saturated heterocycles. The van der Waals surface area contributed by atoms with Crippen molar-refractivity contribution in [1.29, 1.82) is 0 Å². The fourth-order valence-electron chi connectivity index (χ4n) is 3.87. The molecule has 2 aliphatic carbocycles. The number of carbonyl (C=O) groups is 3. The van der Waals surface area contributed by atoms with Crippen LogP contribution in [-0.2, 0) is 33.8 Å². The van der Waals surface area contributed by atoms with E-state index in [0.717, 1.165) is 61.8 Å². The molecule has 9 heteroatoms. The molecule has 0 saturated carbocycles. The molecule has 168 valence electrons. The number of anilines is 1. The quantitative estimate of drug-likeness (QED) is 0.380. The third-order valence-corrected chi connectivity index (χ3v) is 8.42. The third kappa shape index (κ3) is 5.58. The summed E-state index contributed by atoms with van der Waals surface area (Å²) < 4.78 is 0. The average molecular weight is 463 g/mol. The Balaban J connectivity index is 1.76. The van der Waals surface area contributed by atoms with E-state index < -0.39 is 17.7 Å². The van der Waals surface area contributed by atoms with Gasteiger partial charge in [-0.15, -0.1) is 11.3 Å². The molecule has 6 N–H and O–H groups in total. The van der Waals surface area contributed by atoms with Crippen molar-refractivity contribution < 1.29 is 14.4 Å². The molecule has 1 aromatic heterocycles. The Morgan fingerprint density at radius 2 is 1.71 bits per heavy atom. The minimum atomic E-state index is -0.827. The number of hydrogen-bond acceptors (Lipinski definition) is 6. The summed E-state index contributed by atoms with van der Waals surface area (Å²) >= 11 is 2.82. The molecule has 1 aromatic rings. The second kappa shape index (κ2) is 10.5. The van der Waals surface area contributed by atoms with Crippen molar-refractivity contribution in [2.75, 3.05) is 5.32 Å². The number of amides is 3. The predicted molar refractivity (Wildman–Crippen MR) is 126 cm³/mol. The van der Waals surface area contributed by atoms with Crippen LogP contribution in [0.15, 0.2) is 21.1 Å². The number of thiophene rings is 1. The van der Waals surface area contributed by atoms with E-state index in [4.69, 9.17) is 11.5 Å². The molecule has 0 radical (unpaired) electrons. The molecule has 0 aliphatic heterocycles. The molecule has 0 unspecified atom stereocenters. The molecule has 0 atom stereocenters. The fraction of sp³-hybridized carbons (Fsp3) is 0.500. The Labute approximate surface area is 191 Å². The first-order valence-electron chi connectivity index (χ1n) is 10.6. The lowest BCUT2D eigenvalue weighted by molar-refractivity contribution is -0.135. The van der Waals surface area contributed by atoms with E-state index >= 15 is 0 Å². The van der Waals surface area contributed by atoms with Crippen molar-refractivity contribution in [2.24, 2.45) is 11.5 Å². The summed E-state index contributed by atoms with van der Waals surface area (Å²) in [4.78, 5) is 39.5. The topological polar surface area (TPSA) is 127 Å². The van der Waals surface area contributed by atoms with Gasteiger partial charge in [0.05, 0.1) is 5.03 Å². The zero-order valence-electron chi connectivity index (χ0n) is 18.1. The lowest BCUT2D eigenvalue weighted by atomic mass is 9.95. The number of allylic oxidation sites excluding steroid dienone is 2. The van der Waals surface area contributed by atoms with Gasteiger partial charge in [-0.05, 0) is 75.7 Å². The van der Waals surface area contributed by atoms with Gasteiger partial charge >= 0.3 is 11.8 Å². The molecule has 0 aromatic carbocycles. The van der Waals surface area contributed by atoms with Crippen molar-refractivity contribution in [2.45, 2.75) is 71.8 Å². The van der Waals surface area contributed by atoms with Crippen molar-refractivity contribution in [1.82, 2.24) is 5.32 Å². The lowest BCUT2D eigenvalue weighted by Crippen LogP contribution is -2.35. The summed E-state index contributed by atoms with van der Waals surface area (Å²) in [5.41, 5.74) is 15.0. The van der Waals surface area contributed by atoms with Crippen LogP contribution in [0.1, 0.15) is 68.4 Å². The molecule has 1 heterocycles. The Morgan fingerprint density at radius 1 is 1.03 bits per heavy atom. The summed E-state index contributed by atoms with van der Waals surface area (Å²) in [5.74, 6) is -2.24. The van der Waals surface area contributed by atoms with Crippen molar-refractivity contribution >= 4 is 45.8 Å². The van der Waals surface area contributed by atoms with Crippen LogP contribution in [0.25, 0.3) is 0 Å². The van der Waals surface area contributed by atoms with Gasteiger partial charge in [0.1, 0.15) is 5.00 Å². The highest BCUT2D eigenvalue weighted by atomic mass is 32.2. The van der Waals surface area contributed by atoms with Gasteiger partial charge in [-0.1, -0.05) is 17.3 Å². The molecule has 3 amide bonds. The van der Waals surface area contributed by atoms with Gasteiger partial charge < -0.3 is 22.1 Å². The number of fused-ring (bicyclic) bond motifs is 1. The maximum atomic E-state index is 12.7. The summed E-state index contributed by atoms with van der Waals surface area (Å²) in [5, 5.41) is 6.30. The fourth-order valence-corrected chi connectivity index (χ4v) is 6.35. The van der Waals surface area contributed by atoms with Crippen LogP contribution in [0.2, 0.25) is 0 Å². The normalized spacial score (nSPS) is 17.0. The lowest BCUT2D eigenvalue weighted by Gasteiger charge is -2.19. The summed E-state index contributed by atoms with van der Waals surface area (Å²) in [6, 6.07) is 0. The second-order valence-corrected chi connectivity index (χ2v) is 10.2. The molecule has 3 rings (SSSR count). The van der Waals surface area contributed by atoms with Crippen LogP contribution in [0.4, 0.5) is 5.00 Å². The molecule has 2 aliphatic rings. The zero-order valence-corrected chi connectivity index (χ0v) is 19.7. The Morgan fingerprint density at radius 3 is 2.39 bits per heavy atom. The molecule has 0 fully saturated rings. The Kier molecular flexibility index (Phi) is 7.96. The van der Waals surface area contributed by atoms with Gasteiger partial charge in [-0.25, -0.2) is 0 Å². The highest BCUT2D eigenvalue weighted by molar-refractivity contribution is 8.06. The highest BCUT2D eigenvalue weighted by Gasteiger charge is 2.25. The minimum absolute atomic E-state index is 0.228. The van der Waals surface area contributed by atoms with Crippen LogP contribution in [0.5, 0.6) is 0 Å². The molecule has 7 nitrogen and oxygen atoms in total. The first kappa shape index (κ1) is 23.6. The number of aryl methyl sites for hydroxylation is 1. The zero-order chi connectivity index (χ0) is 22.5. The smallest absolute Gasteiger partial charge is 0.314 e. The van der Waals surface area contributed by atoms with Crippen molar-refractivity contribution in [3.8, 4) is 0 Å². The van der Waals surface area contributed by atoms with Gasteiger partial charge in [0, 0.05) is 22.6 Å². The van der Waals surface area contributed by atoms with Crippen LogP contribution < -0.4 is 22.1 Å². The first-order valence-corrected chi connectivity index (χ1v) is 12.3. The van der Waals surface area contributed by atoms with E-state index in [9.17, 15) is 14.4 Å². The van der Waals surface area contributed by atoms with Gasteiger partial charge in [-0.2, -0.15) is 0 Å². The molecule has 0 spiro atoms. The van der Waals surface area contributed by atoms with Gasteiger partial charge in [0.25, 0.3) is 0 Å². The van der Waals surface area contributed by atoms with Gasteiger partial charge in [0.2, 0.25) is 5.91 Å². The number of hydrogen-bond donors (Lipinski definition) is 4. The largest absolute Gasteiger partial charge is 0.366 e. The van der Waals surface area contributed by atoms with Crippen LogP contribution in [-0.4, -0.2) is 17.7 Å². The van der Waals surface area contributed by atoms with E-state index in [1.54, 1.807) is 6.92 Å². The van der Waals surface area contributed by atoms with E-state index in [1.165, 1.54) is 39.1 Å². The molecular weight excluding hydrogens is 432 g/mol. The number of carbonyl (C=O) groups excluding carboxylic acids is 3. The van der Waals surface area contributed by atoms with Crippen LogP contribution in [0.3, 0.4) is 0 Å². The number of nitrogens with two attached hydrogens (primary N) is 2. The highest BCUT2D eigenvalue weighted by Crippen LogP contribution is 2.38. The molecule has 31 heavy (non-hydrogen) atoms. The van der Waals surface area contributed by atoms with Crippen molar-refractivity contribution in [3.05, 3.63) is 37.1 Å². The maximum Gasteiger partial charge on any atom is 0.314 e. The van der Waals surface area contributed by atoms with Gasteiger partial charge in [-0.3, -0.25) is 14.4 Å². The summed E-state index contributed by atoms with van der Waals surface area (Å²) in [6.45, 7) is 3.93. The van der Waals surface area contributed by atoms with Crippen LogP contribution in [0, 0.1) is 0 Å². The molecular formula is C22H30N4O3S2. The predicted octanol–water partition coefficient (Wildman–Crippen LogP) is 3.44. The third-order valence-electron chi connectivity index (χ3n) is 5.76. The number of nitrogens with one attached hydrogen (secondary N) is 2. The summed E-state index contributed by atoms with van der Waals surface area (Å²) in [7, 11) is 0. The standard InChI is InChI=1S/C22H30N4O3S2/c1-12-7-3-5-9-16(12)30-21(13(2)18(24)27)25-19(28)20(29)26-22-15(11-23)14-8-4-6-10-17(14)31-22/h3-11,23H2,1-2H3,(H2,24,27)(H,25,28)(H,26,29)/b21-13+. The van der Waals surface area contributed by atoms with E-state index in [-0.39, 0.29) is 5.57 Å². The van der Waals surface area contributed by atoms with E-state index in [1.807, 2.05) is 0 Å². The van der Waals surface area contributed by atoms with E-state index in [2.05, 4.69) is 17.6 Å². The average Bonchev–Trinajstić information content (AvgIpc) is 3.10. The minimum Gasteiger partial charge on any atom is -0.366 e. The Hall–Kier alpha value is -2.10. The first-order chi connectivity index (χ1) is 14.8.